The van der Waals surface area contributed by atoms with Crippen LogP contribution < -0.4 is 0 Å². The molecular weight excluding hydrogens is 340 g/mol. The van der Waals surface area contributed by atoms with Gasteiger partial charge in [0, 0.05) is 18.7 Å². The molecule has 1 heterocycles. The van der Waals surface area contributed by atoms with Crippen molar-refractivity contribution in [3.05, 3.63) is 50.7 Å². The molecule has 1 aromatic carbocycles. The molecule has 1 aromatic heterocycles. The predicted molar refractivity (Wildman–Crippen MR) is 85.1 cm³/mol. The molecule has 1 unspecified atom stereocenters. The van der Waals surface area contributed by atoms with E-state index in [1.54, 1.807) is 0 Å². The third-order valence-electron chi connectivity index (χ3n) is 3.42. The Balaban J connectivity index is 2.13. The molecular formula is C15H18BrClN2O. The van der Waals surface area contributed by atoms with Gasteiger partial charge in [0.15, 0.2) is 0 Å². The lowest BCUT2D eigenvalue weighted by Gasteiger charge is -2.15. The molecule has 0 fully saturated rings. The van der Waals surface area contributed by atoms with E-state index in [4.69, 9.17) is 11.6 Å². The van der Waals surface area contributed by atoms with Crippen molar-refractivity contribution in [2.24, 2.45) is 13.0 Å². The van der Waals surface area contributed by atoms with Crippen LogP contribution in [0.3, 0.4) is 0 Å². The molecule has 0 aliphatic carbocycles. The minimum absolute atomic E-state index is 0.142. The number of nitrogens with zero attached hydrogens (tertiary/aromatic N) is 2. The second kappa shape index (κ2) is 6.74. The highest BCUT2D eigenvalue weighted by Gasteiger charge is 2.17. The van der Waals surface area contributed by atoms with Crippen molar-refractivity contribution >= 4 is 27.5 Å². The average Bonchev–Trinajstić information content (AvgIpc) is 2.64. The van der Waals surface area contributed by atoms with E-state index >= 15 is 0 Å². The monoisotopic (exact) mass is 356 g/mol. The molecule has 1 atom stereocenters. The lowest BCUT2D eigenvalue weighted by molar-refractivity contribution is 0.223. The number of rotatable bonds is 5. The molecule has 2 aromatic rings. The molecule has 0 amide bonds. The molecule has 3 nitrogen and oxygen atoms in total. The fourth-order valence-electron chi connectivity index (χ4n) is 2.37. The third-order valence-corrected chi connectivity index (χ3v) is 4.68. The molecule has 0 spiro atoms. The summed E-state index contributed by atoms with van der Waals surface area (Å²) in [6.45, 7) is 2.11. The van der Waals surface area contributed by atoms with Crippen molar-refractivity contribution in [2.45, 2.75) is 19.8 Å². The van der Waals surface area contributed by atoms with Gasteiger partial charge in [-0.2, -0.15) is 5.10 Å². The maximum atomic E-state index is 9.63. The van der Waals surface area contributed by atoms with Gasteiger partial charge in [0.05, 0.1) is 15.9 Å². The summed E-state index contributed by atoms with van der Waals surface area (Å²) in [5.41, 5.74) is 3.23. The van der Waals surface area contributed by atoms with E-state index < -0.39 is 0 Å². The summed E-state index contributed by atoms with van der Waals surface area (Å²) in [5.74, 6) is 0.152. The summed E-state index contributed by atoms with van der Waals surface area (Å²) in [4.78, 5) is 0. The van der Waals surface area contributed by atoms with Crippen molar-refractivity contribution in [3.8, 4) is 0 Å². The summed E-state index contributed by atoms with van der Waals surface area (Å²) in [6, 6.07) is 7.79. The highest BCUT2D eigenvalue weighted by molar-refractivity contribution is 9.10. The Bertz CT molecular complexity index is 598. The number of halogens is 2. The van der Waals surface area contributed by atoms with Crippen molar-refractivity contribution in [1.29, 1.82) is 0 Å². The normalized spacial score (nSPS) is 12.7. The van der Waals surface area contributed by atoms with Crippen molar-refractivity contribution in [2.75, 3.05) is 6.61 Å². The van der Waals surface area contributed by atoms with Crippen LogP contribution in [-0.4, -0.2) is 21.5 Å². The smallest absolute Gasteiger partial charge is 0.0738 e. The Morgan fingerprint density at radius 2 is 2.15 bits per heavy atom. The Kier molecular flexibility index (Phi) is 5.24. The zero-order chi connectivity index (χ0) is 14.7. The molecule has 5 heteroatoms. The zero-order valence-corrected chi connectivity index (χ0v) is 13.9. The highest BCUT2D eigenvalue weighted by Crippen LogP contribution is 2.24. The maximum Gasteiger partial charge on any atom is 0.0738 e. The van der Waals surface area contributed by atoms with Gasteiger partial charge in [-0.25, -0.2) is 0 Å². The first kappa shape index (κ1) is 15.5. The van der Waals surface area contributed by atoms with Crippen LogP contribution in [0.25, 0.3) is 0 Å². The van der Waals surface area contributed by atoms with Gasteiger partial charge in [-0.1, -0.05) is 23.7 Å². The lowest BCUT2D eigenvalue weighted by Crippen LogP contribution is -2.15. The number of aromatic nitrogens is 2. The second-order valence-corrected chi connectivity index (χ2v) is 6.29. The number of aryl methyl sites for hydroxylation is 2. The summed E-state index contributed by atoms with van der Waals surface area (Å²) in [7, 11) is 1.93. The molecule has 20 heavy (non-hydrogen) atoms. The molecule has 1 N–H and O–H groups in total. The minimum Gasteiger partial charge on any atom is -0.396 e. The first-order valence-corrected chi connectivity index (χ1v) is 7.71. The Morgan fingerprint density at radius 1 is 1.40 bits per heavy atom. The van der Waals surface area contributed by atoms with E-state index in [0.29, 0.717) is 0 Å². The standard InChI is InChI=1S/C15H18BrClN2O/c1-10-15(16)14(19(2)18-10)8-12(9-20)6-11-4-3-5-13(17)7-11/h3-5,7,12,20H,6,8-9H2,1-2H3. The molecule has 0 bridgehead atoms. The van der Waals surface area contributed by atoms with Gasteiger partial charge in [-0.15, -0.1) is 0 Å². The molecule has 2 rings (SSSR count). The molecule has 0 saturated heterocycles. The van der Waals surface area contributed by atoms with Gasteiger partial charge in [0.2, 0.25) is 0 Å². The van der Waals surface area contributed by atoms with Crippen LogP contribution in [0.4, 0.5) is 0 Å². The minimum atomic E-state index is 0.142. The predicted octanol–water partition coefficient (Wildman–Crippen LogP) is 3.54. The van der Waals surface area contributed by atoms with E-state index in [-0.39, 0.29) is 12.5 Å². The molecule has 0 saturated carbocycles. The molecule has 108 valence electrons. The Labute approximate surface area is 132 Å². The molecule has 0 aliphatic heterocycles. The van der Waals surface area contributed by atoms with Crippen LogP contribution in [-0.2, 0) is 19.9 Å². The summed E-state index contributed by atoms with van der Waals surface area (Å²) in [6.07, 6.45) is 1.58. The number of benzene rings is 1. The summed E-state index contributed by atoms with van der Waals surface area (Å²) in [5, 5.41) is 14.7. The second-order valence-electron chi connectivity index (χ2n) is 5.06. The highest BCUT2D eigenvalue weighted by atomic mass is 79.9. The van der Waals surface area contributed by atoms with E-state index in [1.807, 2.05) is 42.9 Å². The topological polar surface area (TPSA) is 38.0 Å². The quantitative estimate of drug-likeness (QED) is 0.889. The number of hydrogen-bond acceptors (Lipinski definition) is 2. The summed E-state index contributed by atoms with van der Waals surface area (Å²) >= 11 is 9.57. The van der Waals surface area contributed by atoms with Crippen LogP contribution in [0.5, 0.6) is 0 Å². The van der Waals surface area contributed by atoms with E-state index in [1.165, 1.54) is 0 Å². The SMILES string of the molecule is Cc1nn(C)c(CC(CO)Cc2cccc(Cl)c2)c1Br. The van der Waals surface area contributed by atoms with Crippen molar-refractivity contribution < 1.29 is 5.11 Å². The largest absolute Gasteiger partial charge is 0.396 e. The van der Waals surface area contributed by atoms with Crippen LogP contribution >= 0.6 is 27.5 Å². The Hall–Kier alpha value is -0.840. The van der Waals surface area contributed by atoms with Crippen LogP contribution in [0.15, 0.2) is 28.7 Å². The van der Waals surface area contributed by atoms with Gasteiger partial charge in [0.25, 0.3) is 0 Å². The van der Waals surface area contributed by atoms with Crippen LogP contribution in [0.2, 0.25) is 5.02 Å². The fraction of sp³-hybridized carbons (Fsp3) is 0.400. The number of hydrogen-bond donors (Lipinski definition) is 1. The first-order valence-electron chi connectivity index (χ1n) is 6.54. The van der Waals surface area contributed by atoms with Crippen molar-refractivity contribution in [1.82, 2.24) is 9.78 Å². The van der Waals surface area contributed by atoms with E-state index in [0.717, 1.165) is 39.3 Å². The molecule has 0 aliphatic rings. The maximum absolute atomic E-state index is 9.63. The average molecular weight is 358 g/mol. The van der Waals surface area contributed by atoms with Crippen molar-refractivity contribution in [3.63, 3.8) is 0 Å². The van der Waals surface area contributed by atoms with Crippen LogP contribution in [0, 0.1) is 12.8 Å². The van der Waals surface area contributed by atoms with Gasteiger partial charge in [-0.05, 0) is 59.3 Å². The van der Waals surface area contributed by atoms with Gasteiger partial charge in [0.1, 0.15) is 0 Å². The fourth-order valence-corrected chi connectivity index (χ4v) is 3.08. The van der Waals surface area contributed by atoms with E-state index in [9.17, 15) is 5.11 Å². The Morgan fingerprint density at radius 3 is 2.70 bits per heavy atom. The molecule has 0 radical (unpaired) electrons. The van der Waals surface area contributed by atoms with Crippen LogP contribution in [0.1, 0.15) is 17.0 Å². The third kappa shape index (κ3) is 3.62. The van der Waals surface area contributed by atoms with Gasteiger partial charge >= 0.3 is 0 Å². The van der Waals surface area contributed by atoms with Gasteiger partial charge < -0.3 is 5.11 Å². The summed E-state index contributed by atoms with van der Waals surface area (Å²) < 4.78 is 2.91. The van der Waals surface area contributed by atoms with E-state index in [2.05, 4.69) is 21.0 Å². The lowest BCUT2D eigenvalue weighted by atomic mass is 9.95. The first-order chi connectivity index (χ1) is 9.51. The number of aliphatic hydroxyl groups excluding tert-OH is 1. The van der Waals surface area contributed by atoms with Gasteiger partial charge in [-0.3, -0.25) is 4.68 Å². The number of aliphatic hydroxyl groups is 1. The zero-order valence-electron chi connectivity index (χ0n) is 11.6.